The van der Waals surface area contributed by atoms with Crippen LogP contribution in [0.1, 0.15) is 37.5 Å². The van der Waals surface area contributed by atoms with Crippen molar-refractivity contribution in [1.82, 2.24) is 15.2 Å². The molecule has 0 saturated carbocycles. The first-order valence-electron chi connectivity index (χ1n) is 9.35. The van der Waals surface area contributed by atoms with Crippen LogP contribution in [0.25, 0.3) is 0 Å². The SMILES string of the molecule is O=C(NCc1ccccc1)c1ccc2c(c1)CCN(C(=O)c1ccccn1)C2. The van der Waals surface area contributed by atoms with E-state index in [-0.39, 0.29) is 11.8 Å². The Morgan fingerprint density at radius 2 is 1.79 bits per heavy atom. The highest BCUT2D eigenvalue weighted by Crippen LogP contribution is 2.21. The maximum Gasteiger partial charge on any atom is 0.272 e. The average molecular weight is 371 g/mol. The first-order chi connectivity index (χ1) is 13.7. The first kappa shape index (κ1) is 17.9. The second-order valence-corrected chi connectivity index (χ2v) is 6.84. The van der Waals surface area contributed by atoms with E-state index >= 15 is 0 Å². The summed E-state index contributed by atoms with van der Waals surface area (Å²) in [5, 5.41) is 2.96. The molecule has 2 aromatic carbocycles. The Balaban J connectivity index is 1.42. The summed E-state index contributed by atoms with van der Waals surface area (Å²) >= 11 is 0. The molecule has 5 heteroatoms. The molecule has 0 unspecified atom stereocenters. The molecule has 0 aliphatic carbocycles. The number of carbonyl (C=O) groups is 2. The number of carbonyl (C=O) groups excluding carboxylic acids is 2. The minimum atomic E-state index is -0.0846. The van der Waals surface area contributed by atoms with Crippen molar-refractivity contribution in [2.75, 3.05) is 6.54 Å². The molecule has 0 bridgehead atoms. The average Bonchev–Trinajstić information content (AvgIpc) is 2.77. The first-order valence-corrected chi connectivity index (χ1v) is 9.35. The fourth-order valence-corrected chi connectivity index (χ4v) is 3.40. The van der Waals surface area contributed by atoms with Gasteiger partial charge in [-0.05, 0) is 47.4 Å². The van der Waals surface area contributed by atoms with Crippen LogP contribution in [0.5, 0.6) is 0 Å². The molecule has 5 nitrogen and oxygen atoms in total. The summed E-state index contributed by atoms with van der Waals surface area (Å²) in [5.41, 5.74) is 4.38. The van der Waals surface area contributed by atoms with Crippen molar-refractivity contribution in [2.45, 2.75) is 19.5 Å². The van der Waals surface area contributed by atoms with Gasteiger partial charge in [0.05, 0.1) is 0 Å². The smallest absolute Gasteiger partial charge is 0.272 e. The van der Waals surface area contributed by atoms with Crippen LogP contribution in [0.2, 0.25) is 0 Å². The second kappa shape index (κ2) is 8.05. The molecule has 0 fully saturated rings. The van der Waals surface area contributed by atoms with Crippen molar-refractivity contribution in [3.8, 4) is 0 Å². The van der Waals surface area contributed by atoms with E-state index in [9.17, 15) is 9.59 Å². The largest absolute Gasteiger partial charge is 0.348 e. The molecular weight excluding hydrogens is 350 g/mol. The van der Waals surface area contributed by atoms with Crippen molar-refractivity contribution < 1.29 is 9.59 Å². The molecule has 2 amide bonds. The number of hydrogen-bond acceptors (Lipinski definition) is 3. The zero-order chi connectivity index (χ0) is 19.3. The molecule has 4 rings (SSSR count). The number of aromatic nitrogens is 1. The van der Waals surface area contributed by atoms with E-state index in [1.807, 2.05) is 54.6 Å². The van der Waals surface area contributed by atoms with Gasteiger partial charge in [-0.2, -0.15) is 0 Å². The minimum Gasteiger partial charge on any atom is -0.348 e. The van der Waals surface area contributed by atoms with E-state index in [0.717, 1.165) is 23.1 Å². The van der Waals surface area contributed by atoms with Gasteiger partial charge in [-0.15, -0.1) is 0 Å². The van der Waals surface area contributed by atoms with Crippen molar-refractivity contribution >= 4 is 11.8 Å². The quantitative estimate of drug-likeness (QED) is 0.766. The minimum absolute atomic E-state index is 0.0593. The lowest BCUT2D eigenvalue weighted by Crippen LogP contribution is -2.36. The number of nitrogens with one attached hydrogen (secondary N) is 1. The fraction of sp³-hybridized carbons (Fsp3) is 0.174. The van der Waals surface area contributed by atoms with Gasteiger partial charge in [-0.3, -0.25) is 14.6 Å². The lowest BCUT2D eigenvalue weighted by atomic mass is 9.96. The number of pyridine rings is 1. The van der Waals surface area contributed by atoms with Gasteiger partial charge in [-0.1, -0.05) is 42.5 Å². The normalized spacial score (nSPS) is 12.9. The molecule has 1 aliphatic heterocycles. The highest BCUT2D eigenvalue weighted by Gasteiger charge is 2.23. The third-order valence-corrected chi connectivity index (χ3v) is 4.95. The van der Waals surface area contributed by atoms with Gasteiger partial charge in [0.1, 0.15) is 5.69 Å². The summed E-state index contributed by atoms with van der Waals surface area (Å²) in [6.45, 7) is 1.66. The van der Waals surface area contributed by atoms with E-state index in [1.165, 1.54) is 0 Å². The lowest BCUT2D eigenvalue weighted by Gasteiger charge is -2.29. The van der Waals surface area contributed by atoms with Gasteiger partial charge in [0.25, 0.3) is 11.8 Å². The lowest BCUT2D eigenvalue weighted by molar-refractivity contribution is 0.0728. The number of hydrogen-bond donors (Lipinski definition) is 1. The van der Waals surface area contributed by atoms with Crippen LogP contribution in [0, 0.1) is 0 Å². The molecule has 1 aliphatic rings. The topological polar surface area (TPSA) is 62.3 Å². The van der Waals surface area contributed by atoms with E-state index < -0.39 is 0 Å². The van der Waals surface area contributed by atoms with Crippen LogP contribution >= 0.6 is 0 Å². The molecule has 0 atom stereocenters. The Bertz CT molecular complexity index is 987. The Kier molecular flexibility index (Phi) is 5.15. The number of rotatable bonds is 4. The van der Waals surface area contributed by atoms with Gasteiger partial charge in [0.15, 0.2) is 0 Å². The highest BCUT2D eigenvalue weighted by molar-refractivity contribution is 5.95. The second-order valence-electron chi connectivity index (χ2n) is 6.84. The van der Waals surface area contributed by atoms with Gasteiger partial charge in [-0.25, -0.2) is 0 Å². The highest BCUT2D eigenvalue weighted by atomic mass is 16.2. The predicted octanol–water partition coefficient (Wildman–Crippen LogP) is 3.21. The number of fused-ring (bicyclic) bond motifs is 1. The standard InChI is InChI=1S/C23H21N3O2/c27-22(25-15-17-6-2-1-3-7-17)19-9-10-20-16-26(13-11-18(20)14-19)23(28)21-8-4-5-12-24-21/h1-10,12,14H,11,13,15-16H2,(H,25,27). The number of amides is 2. The van der Waals surface area contributed by atoms with Crippen molar-refractivity contribution in [2.24, 2.45) is 0 Å². The van der Waals surface area contributed by atoms with Crippen LogP contribution < -0.4 is 5.32 Å². The van der Waals surface area contributed by atoms with Crippen LogP contribution in [0.3, 0.4) is 0 Å². The molecule has 0 radical (unpaired) electrons. The molecule has 1 N–H and O–H groups in total. The molecule has 0 saturated heterocycles. The van der Waals surface area contributed by atoms with E-state index in [1.54, 1.807) is 23.2 Å². The van der Waals surface area contributed by atoms with Crippen LogP contribution in [-0.2, 0) is 19.5 Å². The van der Waals surface area contributed by atoms with Gasteiger partial charge in [0, 0.05) is 31.4 Å². The summed E-state index contributed by atoms with van der Waals surface area (Å²) in [7, 11) is 0. The Hall–Kier alpha value is -3.47. The molecule has 0 spiro atoms. The van der Waals surface area contributed by atoms with Crippen LogP contribution in [0.4, 0.5) is 0 Å². The van der Waals surface area contributed by atoms with Gasteiger partial charge in [0.2, 0.25) is 0 Å². The maximum atomic E-state index is 12.6. The Morgan fingerprint density at radius 1 is 0.964 bits per heavy atom. The zero-order valence-corrected chi connectivity index (χ0v) is 15.5. The van der Waals surface area contributed by atoms with Crippen LogP contribution in [-0.4, -0.2) is 28.2 Å². The molecular formula is C23H21N3O2. The third-order valence-electron chi connectivity index (χ3n) is 4.95. The fourth-order valence-electron chi connectivity index (χ4n) is 3.40. The van der Waals surface area contributed by atoms with E-state index in [2.05, 4.69) is 10.3 Å². The van der Waals surface area contributed by atoms with Gasteiger partial charge < -0.3 is 10.2 Å². The summed E-state index contributed by atoms with van der Waals surface area (Å²) in [4.78, 5) is 31.0. The molecule has 1 aromatic heterocycles. The van der Waals surface area contributed by atoms with Crippen molar-refractivity contribution in [3.05, 3.63) is 101 Å². The monoisotopic (exact) mass is 371 g/mol. The van der Waals surface area contributed by atoms with Crippen LogP contribution in [0.15, 0.2) is 72.9 Å². The molecule has 28 heavy (non-hydrogen) atoms. The number of benzene rings is 2. The maximum absolute atomic E-state index is 12.6. The summed E-state index contributed by atoms with van der Waals surface area (Å²) in [6, 6.07) is 20.9. The summed E-state index contributed by atoms with van der Waals surface area (Å²) in [5.74, 6) is -0.144. The van der Waals surface area contributed by atoms with E-state index in [0.29, 0.717) is 30.9 Å². The summed E-state index contributed by atoms with van der Waals surface area (Å²) in [6.07, 6.45) is 2.36. The van der Waals surface area contributed by atoms with Gasteiger partial charge >= 0.3 is 0 Å². The third kappa shape index (κ3) is 3.93. The van der Waals surface area contributed by atoms with E-state index in [4.69, 9.17) is 0 Å². The van der Waals surface area contributed by atoms with Crippen molar-refractivity contribution in [3.63, 3.8) is 0 Å². The Morgan fingerprint density at radius 3 is 2.57 bits per heavy atom. The van der Waals surface area contributed by atoms with Crippen molar-refractivity contribution in [1.29, 1.82) is 0 Å². The zero-order valence-electron chi connectivity index (χ0n) is 15.5. The summed E-state index contributed by atoms with van der Waals surface area (Å²) < 4.78 is 0. The molecule has 140 valence electrons. The Labute approximate surface area is 164 Å². The number of nitrogens with zero attached hydrogens (tertiary/aromatic N) is 2. The molecule has 3 aromatic rings. The predicted molar refractivity (Wildman–Crippen MR) is 107 cm³/mol. The molecule has 2 heterocycles.